The van der Waals surface area contributed by atoms with Crippen molar-refractivity contribution in [2.75, 3.05) is 18.8 Å². The second-order valence-electron chi connectivity index (χ2n) is 6.81. The van der Waals surface area contributed by atoms with Crippen molar-refractivity contribution in [3.05, 3.63) is 35.9 Å². The number of carbonyl (C=O) groups is 1. The van der Waals surface area contributed by atoms with Gasteiger partial charge in [0.2, 0.25) is 0 Å². The second-order valence-corrected chi connectivity index (χ2v) is 7.84. The Morgan fingerprint density at radius 2 is 1.77 bits per heavy atom. The highest BCUT2D eigenvalue weighted by molar-refractivity contribution is 8.13. The molecule has 1 aliphatic rings. The Hall–Kier alpha value is -0.800. The lowest BCUT2D eigenvalue weighted by atomic mass is 9.91. The van der Waals surface area contributed by atoms with Gasteiger partial charge in [-0.3, -0.25) is 9.69 Å². The van der Waals surface area contributed by atoms with Crippen molar-refractivity contribution < 1.29 is 4.79 Å². The average molecular weight is 320 g/mol. The molecular formula is C19H29NOS. The molecule has 1 aromatic carbocycles. The van der Waals surface area contributed by atoms with Crippen LogP contribution >= 0.6 is 11.8 Å². The van der Waals surface area contributed by atoms with Crippen molar-refractivity contribution >= 4 is 16.9 Å². The van der Waals surface area contributed by atoms with Crippen LogP contribution in [0.3, 0.4) is 0 Å². The van der Waals surface area contributed by atoms with E-state index in [1.165, 1.54) is 43.3 Å². The third-order valence-electron chi connectivity index (χ3n) is 4.42. The number of rotatable bonds is 7. The fourth-order valence-electron chi connectivity index (χ4n) is 3.12. The molecule has 0 bridgehead atoms. The minimum absolute atomic E-state index is 0.0389. The molecule has 1 aliphatic heterocycles. The number of hydrogen-bond acceptors (Lipinski definition) is 3. The van der Waals surface area contributed by atoms with Gasteiger partial charge in [0, 0.05) is 11.8 Å². The molecule has 2 rings (SSSR count). The molecule has 3 heteroatoms. The van der Waals surface area contributed by atoms with Gasteiger partial charge >= 0.3 is 0 Å². The van der Waals surface area contributed by atoms with Gasteiger partial charge in [0.15, 0.2) is 5.12 Å². The van der Waals surface area contributed by atoms with Gasteiger partial charge < -0.3 is 0 Å². The van der Waals surface area contributed by atoms with E-state index in [0.717, 1.165) is 12.2 Å². The first-order valence-electron chi connectivity index (χ1n) is 8.53. The molecular weight excluding hydrogens is 290 g/mol. The zero-order valence-electron chi connectivity index (χ0n) is 14.1. The Labute approximate surface area is 139 Å². The first-order chi connectivity index (χ1) is 10.6. The van der Waals surface area contributed by atoms with Crippen LogP contribution in [0.4, 0.5) is 0 Å². The first-order valence-corrected chi connectivity index (χ1v) is 9.52. The number of hydrogen-bond donors (Lipinski definition) is 0. The number of carbonyl (C=O) groups excluding carboxylic acids is 1. The average Bonchev–Trinajstić information content (AvgIpc) is 3.05. The highest BCUT2D eigenvalue weighted by Crippen LogP contribution is 2.30. The minimum Gasteiger partial charge on any atom is -0.300 e. The van der Waals surface area contributed by atoms with Crippen molar-refractivity contribution in [3.63, 3.8) is 0 Å². The van der Waals surface area contributed by atoms with Gasteiger partial charge in [-0.2, -0.15) is 0 Å². The fourth-order valence-corrected chi connectivity index (χ4v) is 4.17. The lowest BCUT2D eigenvalue weighted by Crippen LogP contribution is -2.32. The predicted molar refractivity (Wildman–Crippen MR) is 96.4 cm³/mol. The summed E-state index contributed by atoms with van der Waals surface area (Å²) in [6.07, 6.45) is 3.56. The summed E-state index contributed by atoms with van der Waals surface area (Å²) in [6.45, 7) is 9.04. The van der Waals surface area contributed by atoms with Crippen LogP contribution in [0.5, 0.6) is 0 Å². The molecule has 1 fully saturated rings. The molecule has 2 nitrogen and oxygen atoms in total. The summed E-state index contributed by atoms with van der Waals surface area (Å²) >= 11 is 1.54. The van der Waals surface area contributed by atoms with Gasteiger partial charge in [-0.25, -0.2) is 0 Å². The summed E-state index contributed by atoms with van der Waals surface area (Å²) in [6, 6.07) is 10.8. The molecule has 1 saturated heterocycles. The van der Waals surface area contributed by atoms with Gasteiger partial charge in [0.1, 0.15) is 0 Å². The van der Waals surface area contributed by atoms with Crippen LogP contribution < -0.4 is 0 Å². The van der Waals surface area contributed by atoms with Crippen molar-refractivity contribution in [2.45, 2.75) is 52.0 Å². The van der Waals surface area contributed by atoms with Crippen molar-refractivity contribution in [3.8, 4) is 0 Å². The van der Waals surface area contributed by atoms with E-state index < -0.39 is 0 Å². The normalized spacial score (nSPS) is 18.5. The molecule has 0 aliphatic carbocycles. The van der Waals surface area contributed by atoms with Gasteiger partial charge in [-0.05, 0) is 50.8 Å². The summed E-state index contributed by atoms with van der Waals surface area (Å²) < 4.78 is 0. The summed E-state index contributed by atoms with van der Waals surface area (Å²) in [5.74, 6) is 1.49. The fraction of sp³-hybridized carbons (Fsp3) is 0.632. The predicted octanol–water partition coefficient (Wildman–Crippen LogP) is 4.56. The van der Waals surface area contributed by atoms with Crippen molar-refractivity contribution in [1.82, 2.24) is 4.90 Å². The summed E-state index contributed by atoms with van der Waals surface area (Å²) in [5.41, 5.74) is 1.17. The SMILES string of the molecule is CC(C)C[C@@H](C(=O)SC[C@@H](C)N1CCCC1)c1ccccc1. The van der Waals surface area contributed by atoms with E-state index in [1.54, 1.807) is 0 Å². The van der Waals surface area contributed by atoms with E-state index >= 15 is 0 Å². The lowest BCUT2D eigenvalue weighted by molar-refractivity contribution is -0.112. The van der Waals surface area contributed by atoms with E-state index in [1.807, 2.05) is 18.2 Å². The molecule has 1 aromatic rings. The van der Waals surface area contributed by atoms with Gasteiger partial charge in [0.25, 0.3) is 0 Å². The van der Waals surface area contributed by atoms with Crippen LogP contribution in [-0.4, -0.2) is 34.9 Å². The zero-order valence-corrected chi connectivity index (χ0v) is 14.9. The summed E-state index contributed by atoms with van der Waals surface area (Å²) in [5, 5.41) is 0.339. The topological polar surface area (TPSA) is 20.3 Å². The molecule has 0 amide bonds. The highest BCUT2D eigenvalue weighted by Gasteiger charge is 2.24. The lowest BCUT2D eigenvalue weighted by Gasteiger charge is -2.24. The van der Waals surface area contributed by atoms with Crippen LogP contribution in [-0.2, 0) is 4.79 Å². The monoisotopic (exact) mass is 319 g/mol. The molecule has 0 unspecified atom stereocenters. The Bertz CT molecular complexity index is 454. The smallest absolute Gasteiger partial charge is 0.196 e. The molecule has 0 N–H and O–H groups in total. The maximum Gasteiger partial charge on any atom is 0.196 e. The van der Waals surface area contributed by atoms with Crippen LogP contribution in [0, 0.1) is 5.92 Å². The molecule has 0 radical (unpaired) electrons. The van der Waals surface area contributed by atoms with Crippen molar-refractivity contribution in [2.24, 2.45) is 5.92 Å². The van der Waals surface area contributed by atoms with E-state index in [2.05, 4.69) is 37.8 Å². The minimum atomic E-state index is 0.0389. The Balaban J connectivity index is 1.93. The third-order valence-corrected chi connectivity index (χ3v) is 5.64. The van der Waals surface area contributed by atoms with Crippen molar-refractivity contribution in [1.29, 1.82) is 0 Å². The van der Waals surface area contributed by atoms with E-state index in [4.69, 9.17) is 0 Å². The maximum absolute atomic E-state index is 12.7. The molecule has 0 spiro atoms. The summed E-state index contributed by atoms with van der Waals surface area (Å²) in [7, 11) is 0. The number of likely N-dealkylation sites (tertiary alicyclic amines) is 1. The molecule has 122 valence electrons. The molecule has 0 aromatic heterocycles. The first kappa shape index (κ1) is 17.6. The number of nitrogens with zero attached hydrogens (tertiary/aromatic N) is 1. The standard InChI is InChI=1S/C19H29NOS/c1-15(2)13-18(17-9-5-4-6-10-17)19(21)22-14-16(3)20-11-7-8-12-20/h4-6,9-10,15-16,18H,7-8,11-14H2,1-3H3/t16-,18-/m1/s1. The highest BCUT2D eigenvalue weighted by atomic mass is 32.2. The maximum atomic E-state index is 12.7. The third kappa shape index (κ3) is 5.13. The van der Waals surface area contributed by atoms with E-state index in [-0.39, 0.29) is 5.92 Å². The zero-order chi connectivity index (χ0) is 15.9. The Morgan fingerprint density at radius 3 is 2.36 bits per heavy atom. The van der Waals surface area contributed by atoms with E-state index in [9.17, 15) is 4.79 Å². The van der Waals surface area contributed by atoms with Crippen LogP contribution in [0.2, 0.25) is 0 Å². The van der Waals surface area contributed by atoms with Gasteiger partial charge in [-0.1, -0.05) is 55.9 Å². The van der Waals surface area contributed by atoms with Gasteiger partial charge in [0.05, 0.1) is 5.92 Å². The molecule has 0 saturated carbocycles. The molecule has 2 atom stereocenters. The molecule has 1 heterocycles. The van der Waals surface area contributed by atoms with Gasteiger partial charge in [-0.15, -0.1) is 0 Å². The second kappa shape index (κ2) is 8.73. The van der Waals surface area contributed by atoms with Crippen LogP contribution in [0.15, 0.2) is 30.3 Å². The number of thioether (sulfide) groups is 1. The van der Waals surface area contributed by atoms with Crippen LogP contribution in [0.1, 0.15) is 51.5 Å². The number of benzene rings is 1. The summed E-state index contributed by atoms with van der Waals surface area (Å²) in [4.78, 5) is 15.3. The Morgan fingerprint density at radius 1 is 1.14 bits per heavy atom. The largest absolute Gasteiger partial charge is 0.300 e. The Kier molecular flexibility index (Phi) is 6.97. The van der Waals surface area contributed by atoms with E-state index in [0.29, 0.717) is 17.1 Å². The molecule has 22 heavy (non-hydrogen) atoms. The van der Waals surface area contributed by atoms with Crippen LogP contribution in [0.25, 0.3) is 0 Å². The quantitative estimate of drug-likeness (QED) is 0.735.